The molecule has 2 N–H and O–H groups in total. The summed E-state index contributed by atoms with van der Waals surface area (Å²) in [6.07, 6.45) is 0. The molecule has 88 valence electrons. The Bertz CT molecular complexity index is 509. The van der Waals surface area contributed by atoms with Gasteiger partial charge in [-0.2, -0.15) is 0 Å². The fourth-order valence-corrected chi connectivity index (χ4v) is 1.53. The number of phenolic OH excluding ortho intramolecular Hbond substituents is 2. The Morgan fingerprint density at radius 1 is 1.00 bits per heavy atom. The third kappa shape index (κ3) is 3.04. The van der Waals surface area contributed by atoms with E-state index >= 15 is 0 Å². The molecule has 0 heterocycles. The van der Waals surface area contributed by atoms with E-state index in [0.29, 0.717) is 16.3 Å². The average molecular weight is 251 g/mol. The molecule has 0 bridgehead atoms. The molecule has 17 heavy (non-hydrogen) atoms. The number of halogens is 1. The largest absolute Gasteiger partial charge is 0.508 e. The Morgan fingerprint density at radius 3 is 2.35 bits per heavy atom. The molecule has 0 saturated carbocycles. The molecular weight excluding hydrogens is 240 g/mol. The summed E-state index contributed by atoms with van der Waals surface area (Å²) >= 11 is 5.72. The second kappa shape index (κ2) is 4.97. The third-order valence-corrected chi connectivity index (χ3v) is 2.51. The summed E-state index contributed by atoms with van der Waals surface area (Å²) in [7, 11) is 0. The molecule has 0 atom stereocenters. The van der Waals surface area contributed by atoms with Gasteiger partial charge in [0.15, 0.2) is 0 Å². The summed E-state index contributed by atoms with van der Waals surface area (Å²) < 4.78 is 5.45. The van der Waals surface area contributed by atoms with Crippen LogP contribution in [0.15, 0.2) is 42.5 Å². The van der Waals surface area contributed by atoms with E-state index in [1.54, 1.807) is 24.3 Å². The van der Waals surface area contributed by atoms with Crippen LogP contribution in [0.25, 0.3) is 0 Å². The van der Waals surface area contributed by atoms with Gasteiger partial charge < -0.3 is 14.9 Å². The van der Waals surface area contributed by atoms with Gasteiger partial charge in [0.05, 0.1) is 0 Å². The van der Waals surface area contributed by atoms with Gasteiger partial charge >= 0.3 is 0 Å². The molecule has 0 spiro atoms. The first kappa shape index (κ1) is 11.6. The Balaban J connectivity index is 2.04. The number of ether oxygens (including phenoxy) is 1. The summed E-state index contributed by atoms with van der Waals surface area (Å²) in [5.74, 6) is 0.917. The highest BCUT2D eigenvalue weighted by molar-refractivity contribution is 6.30. The minimum Gasteiger partial charge on any atom is -0.508 e. The molecule has 2 rings (SSSR count). The van der Waals surface area contributed by atoms with Crippen LogP contribution in [0.4, 0.5) is 0 Å². The van der Waals surface area contributed by atoms with Crippen molar-refractivity contribution in [1.82, 2.24) is 0 Å². The molecule has 0 unspecified atom stereocenters. The van der Waals surface area contributed by atoms with Crippen molar-refractivity contribution in [2.45, 2.75) is 6.61 Å². The molecule has 3 nitrogen and oxygen atoms in total. The number of hydrogen-bond donors (Lipinski definition) is 2. The second-order valence-corrected chi connectivity index (χ2v) is 3.99. The van der Waals surface area contributed by atoms with E-state index in [9.17, 15) is 5.11 Å². The standard InChI is InChI=1S/C13H11ClO3/c14-10-2-1-9(13(16)7-10)8-17-12-5-3-11(15)4-6-12/h1-7,15-16H,8H2. The van der Waals surface area contributed by atoms with Crippen molar-refractivity contribution in [1.29, 1.82) is 0 Å². The summed E-state index contributed by atoms with van der Waals surface area (Å²) in [5.41, 5.74) is 0.655. The van der Waals surface area contributed by atoms with Crippen LogP contribution in [0, 0.1) is 0 Å². The Labute approximate surface area is 104 Å². The van der Waals surface area contributed by atoms with Crippen LogP contribution in [0.2, 0.25) is 5.02 Å². The molecule has 0 fully saturated rings. The number of benzene rings is 2. The second-order valence-electron chi connectivity index (χ2n) is 3.56. The van der Waals surface area contributed by atoms with Crippen LogP contribution in [-0.2, 0) is 6.61 Å². The maximum absolute atomic E-state index is 9.61. The van der Waals surface area contributed by atoms with Gasteiger partial charge in [-0.1, -0.05) is 17.7 Å². The van der Waals surface area contributed by atoms with Crippen LogP contribution >= 0.6 is 11.6 Å². The summed E-state index contributed by atoms with van der Waals surface area (Å²) in [6.45, 7) is 0.244. The highest BCUT2D eigenvalue weighted by atomic mass is 35.5. The lowest BCUT2D eigenvalue weighted by molar-refractivity contribution is 0.298. The molecule has 0 aliphatic heterocycles. The zero-order valence-corrected chi connectivity index (χ0v) is 9.69. The number of hydrogen-bond acceptors (Lipinski definition) is 3. The van der Waals surface area contributed by atoms with Gasteiger partial charge in [-0.05, 0) is 36.4 Å². The van der Waals surface area contributed by atoms with Gasteiger partial charge in [-0.25, -0.2) is 0 Å². The monoisotopic (exact) mass is 250 g/mol. The lowest BCUT2D eigenvalue weighted by Gasteiger charge is -2.08. The Morgan fingerprint density at radius 2 is 1.71 bits per heavy atom. The number of rotatable bonds is 3. The van der Waals surface area contributed by atoms with Crippen molar-refractivity contribution in [2.24, 2.45) is 0 Å². The van der Waals surface area contributed by atoms with Crippen LogP contribution in [-0.4, -0.2) is 10.2 Å². The first-order valence-electron chi connectivity index (χ1n) is 5.04. The third-order valence-electron chi connectivity index (χ3n) is 2.28. The molecule has 0 amide bonds. The Kier molecular flexibility index (Phi) is 3.40. The van der Waals surface area contributed by atoms with E-state index in [1.165, 1.54) is 18.2 Å². The van der Waals surface area contributed by atoms with Gasteiger partial charge in [0.25, 0.3) is 0 Å². The topological polar surface area (TPSA) is 49.7 Å². The lowest BCUT2D eigenvalue weighted by atomic mass is 10.2. The van der Waals surface area contributed by atoms with E-state index in [1.807, 2.05) is 0 Å². The summed E-state index contributed by atoms with van der Waals surface area (Å²) in [6, 6.07) is 11.3. The minimum atomic E-state index is 0.108. The van der Waals surface area contributed by atoms with Crippen molar-refractivity contribution in [3.8, 4) is 17.2 Å². The number of phenols is 2. The van der Waals surface area contributed by atoms with E-state index in [0.717, 1.165) is 0 Å². The fourth-order valence-electron chi connectivity index (χ4n) is 1.36. The van der Waals surface area contributed by atoms with Gasteiger partial charge in [0.2, 0.25) is 0 Å². The average Bonchev–Trinajstić information content (AvgIpc) is 2.30. The van der Waals surface area contributed by atoms with Crippen LogP contribution in [0.3, 0.4) is 0 Å². The normalized spacial score (nSPS) is 10.2. The highest BCUT2D eigenvalue weighted by Gasteiger charge is 2.03. The van der Waals surface area contributed by atoms with Crippen molar-refractivity contribution in [3.63, 3.8) is 0 Å². The predicted molar refractivity (Wildman–Crippen MR) is 65.6 cm³/mol. The molecule has 0 aliphatic rings. The molecule has 0 saturated heterocycles. The summed E-state index contributed by atoms with van der Waals surface area (Å²) in [5, 5.41) is 19.2. The smallest absolute Gasteiger partial charge is 0.123 e. The number of aromatic hydroxyl groups is 2. The fraction of sp³-hybridized carbons (Fsp3) is 0.0769. The predicted octanol–water partition coefficient (Wildman–Crippen LogP) is 3.33. The van der Waals surface area contributed by atoms with E-state index in [2.05, 4.69) is 0 Å². The first-order valence-corrected chi connectivity index (χ1v) is 5.42. The van der Waals surface area contributed by atoms with E-state index in [-0.39, 0.29) is 18.1 Å². The van der Waals surface area contributed by atoms with E-state index in [4.69, 9.17) is 21.4 Å². The maximum Gasteiger partial charge on any atom is 0.123 e. The molecular formula is C13H11ClO3. The van der Waals surface area contributed by atoms with Gasteiger partial charge in [0.1, 0.15) is 23.9 Å². The lowest BCUT2D eigenvalue weighted by Crippen LogP contribution is -1.95. The Hall–Kier alpha value is -1.87. The van der Waals surface area contributed by atoms with Gasteiger partial charge in [-0.15, -0.1) is 0 Å². The van der Waals surface area contributed by atoms with Crippen molar-refractivity contribution >= 4 is 11.6 Å². The SMILES string of the molecule is Oc1ccc(OCc2ccc(Cl)cc2O)cc1. The van der Waals surface area contributed by atoms with Gasteiger partial charge in [-0.3, -0.25) is 0 Å². The maximum atomic E-state index is 9.61. The molecule has 4 heteroatoms. The molecule has 0 aromatic heterocycles. The van der Waals surface area contributed by atoms with E-state index < -0.39 is 0 Å². The molecule has 0 radical (unpaired) electrons. The van der Waals surface area contributed by atoms with Crippen molar-refractivity contribution in [3.05, 3.63) is 53.1 Å². The van der Waals surface area contributed by atoms with Crippen molar-refractivity contribution < 1.29 is 14.9 Å². The van der Waals surface area contributed by atoms with Crippen LogP contribution in [0.5, 0.6) is 17.2 Å². The summed E-state index contributed by atoms with van der Waals surface area (Å²) in [4.78, 5) is 0. The highest BCUT2D eigenvalue weighted by Crippen LogP contribution is 2.24. The van der Waals surface area contributed by atoms with Crippen LogP contribution in [0.1, 0.15) is 5.56 Å². The van der Waals surface area contributed by atoms with Crippen molar-refractivity contribution in [2.75, 3.05) is 0 Å². The van der Waals surface area contributed by atoms with Gasteiger partial charge in [0, 0.05) is 10.6 Å². The quantitative estimate of drug-likeness (QED) is 0.879. The zero-order chi connectivity index (χ0) is 12.3. The molecule has 0 aliphatic carbocycles. The molecule has 2 aromatic rings. The minimum absolute atomic E-state index is 0.108. The van der Waals surface area contributed by atoms with Crippen LogP contribution < -0.4 is 4.74 Å². The molecule has 2 aromatic carbocycles. The first-order chi connectivity index (χ1) is 8.15. The zero-order valence-electron chi connectivity index (χ0n) is 8.93.